The smallest absolute Gasteiger partial charge is 0.227 e. The number of rotatable bonds is 5. The molecule has 1 fully saturated rings. The van der Waals surface area contributed by atoms with Crippen LogP contribution in [0.15, 0.2) is 48.5 Å². The number of amides is 1. The van der Waals surface area contributed by atoms with Crippen LogP contribution in [0.3, 0.4) is 0 Å². The Morgan fingerprint density at radius 3 is 2.70 bits per heavy atom. The fraction of sp³-hybridized carbons (Fsp3) is 0.350. The molecule has 0 heterocycles. The van der Waals surface area contributed by atoms with Crippen LogP contribution in [-0.2, 0) is 11.4 Å². The lowest BCUT2D eigenvalue weighted by Gasteiger charge is -2.12. The summed E-state index contributed by atoms with van der Waals surface area (Å²) in [5.41, 5.74) is 3.18. The first-order chi connectivity index (χ1) is 11.2. The first kappa shape index (κ1) is 15.6. The number of ether oxygens (including phenoxy) is 1. The van der Waals surface area contributed by atoms with Gasteiger partial charge in [0.2, 0.25) is 5.91 Å². The van der Waals surface area contributed by atoms with Gasteiger partial charge >= 0.3 is 0 Å². The van der Waals surface area contributed by atoms with Gasteiger partial charge in [0.1, 0.15) is 12.4 Å². The Kier molecular flexibility index (Phi) is 4.96. The van der Waals surface area contributed by atoms with Gasteiger partial charge in [0.15, 0.2) is 0 Å². The Labute approximate surface area is 137 Å². The molecule has 0 atom stereocenters. The molecule has 0 unspecified atom stereocenters. The molecule has 2 aromatic carbocycles. The lowest BCUT2D eigenvalue weighted by Crippen LogP contribution is -2.20. The van der Waals surface area contributed by atoms with Gasteiger partial charge in [0, 0.05) is 17.7 Å². The van der Waals surface area contributed by atoms with Crippen molar-refractivity contribution in [1.82, 2.24) is 0 Å². The van der Waals surface area contributed by atoms with E-state index in [0.717, 1.165) is 42.7 Å². The maximum absolute atomic E-state index is 12.2. The molecule has 1 amide bonds. The van der Waals surface area contributed by atoms with E-state index in [1.807, 2.05) is 30.3 Å². The van der Waals surface area contributed by atoms with E-state index in [2.05, 4.69) is 30.4 Å². The van der Waals surface area contributed by atoms with Crippen molar-refractivity contribution in [2.75, 3.05) is 5.32 Å². The van der Waals surface area contributed by atoms with Crippen molar-refractivity contribution in [2.45, 2.75) is 39.2 Å². The molecule has 3 nitrogen and oxygen atoms in total. The molecule has 3 heteroatoms. The number of aryl methyl sites for hydroxylation is 1. The summed E-state index contributed by atoms with van der Waals surface area (Å²) < 4.78 is 5.84. The van der Waals surface area contributed by atoms with Crippen molar-refractivity contribution in [1.29, 1.82) is 0 Å². The molecule has 23 heavy (non-hydrogen) atoms. The topological polar surface area (TPSA) is 38.3 Å². The van der Waals surface area contributed by atoms with Gasteiger partial charge in [-0.15, -0.1) is 0 Å². The van der Waals surface area contributed by atoms with E-state index in [0.29, 0.717) is 6.61 Å². The van der Waals surface area contributed by atoms with Crippen molar-refractivity contribution in [3.05, 3.63) is 59.7 Å². The van der Waals surface area contributed by atoms with Gasteiger partial charge in [-0.3, -0.25) is 4.79 Å². The molecule has 0 saturated heterocycles. The Balaban J connectivity index is 1.59. The normalized spacial score (nSPS) is 14.7. The number of carbonyl (C=O) groups excluding carboxylic acids is 1. The van der Waals surface area contributed by atoms with Gasteiger partial charge < -0.3 is 10.1 Å². The molecular formula is C20H23NO2. The highest BCUT2D eigenvalue weighted by molar-refractivity contribution is 5.92. The lowest BCUT2D eigenvalue weighted by atomic mass is 10.1. The first-order valence-corrected chi connectivity index (χ1v) is 8.30. The number of carbonyl (C=O) groups is 1. The van der Waals surface area contributed by atoms with Crippen LogP contribution in [0, 0.1) is 12.8 Å². The standard InChI is InChI=1S/C20H23NO2/c1-15-6-4-7-16(12-15)14-23-19-11-5-10-18(13-19)21-20(22)17-8-2-3-9-17/h4-7,10-13,17H,2-3,8-9,14H2,1H3,(H,21,22). The number of benzene rings is 2. The van der Waals surface area contributed by atoms with E-state index < -0.39 is 0 Å². The highest BCUT2D eigenvalue weighted by atomic mass is 16.5. The zero-order valence-electron chi connectivity index (χ0n) is 13.5. The predicted octanol–water partition coefficient (Wildman–Crippen LogP) is 4.70. The van der Waals surface area contributed by atoms with Crippen LogP contribution in [0.5, 0.6) is 5.75 Å². The Morgan fingerprint density at radius 2 is 1.91 bits per heavy atom. The Morgan fingerprint density at radius 1 is 1.13 bits per heavy atom. The summed E-state index contributed by atoms with van der Waals surface area (Å²) in [5, 5.41) is 3.01. The minimum Gasteiger partial charge on any atom is -0.489 e. The highest BCUT2D eigenvalue weighted by Crippen LogP contribution is 2.26. The summed E-state index contributed by atoms with van der Waals surface area (Å²) in [5.74, 6) is 1.08. The third-order valence-corrected chi connectivity index (χ3v) is 4.32. The molecule has 0 radical (unpaired) electrons. The van der Waals surface area contributed by atoms with E-state index in [9.17, 15) is 4.79 Å². The minimum atomic E-state index is 0.137. The zero-order chi connectivity index (χ0) is 16.1. The van der Waals surface area contributed by atoms with Crippen LogP contribution in [0.1, 0.15) is 36.8 Å². The molecule has 1 aliphatic carbocycles. The maximum Gasteiger partial charge on any atom is 0.227 e. The third kappa shape index (κ3) is 4.35. The van der Waals surface area contributed by atoms with Crippen LogP contribution >= 0.6 is 0 Å². The van der Waals surface area contributed by atoms with Crippen LogP contribution in [0.2, 0.25) is 0 Å². The van der Waals surface area contributed by atoms with Crippen LogP contribution in [0.25, 0.3) is 0 Å². The van der Waals surface area contributed by atoms with Gasteiger partial charge in [-0.05, 0) is 37.5 Å². The van der Waals surface area contributed by atoms with Crippen LogP contribution in [-0.4, -0.2) is 5.91 Å². The number of nitrogens with one attached hydrogen (secondary N) is 1. The molecule has 0 bridgehead atoms. The molecule has 0 aromatic heterocycles. The fourth-order valence-corrected chi connectivity index (χ4v) is 3.06. The lowest BCUT2D eigenvalue weighted by molar-refractivity contribution is -0.119. The van der Waals surface area contributed by atoms with E-state index in [1.165, 1.54) is 5.56 Å². The quantitative estimate of drug-likeness (QED) is 0.869. The number of hydrogen-bond donors (Lipinski definition) is 1. The molecule has 0 spiro atoms. The average molecular weight is 309 g/mol. The molecule has 3 rings (SSSR count). The van der Waals surface area contributed by atoms with E-state index in [4.69, 9.17) is 4.74 Å². The summed E-state index contributed by atoms with van der Waals surface area (Å²) >= 11 is 0. The van der Waals surface area contributed by atoms with Gasteiger partial charge in [0.25, 0.3) is 0 Å². The number of hydrogen-bond acceptors (Lipinski definition) is 2. The van der Waals surface area contributed by atoms with Crippen LogP contribution in [0.4, 0.5) is 5.69 Å². The van der Waals surface area contributed by atoms with Gasteiger partial charge in [0.05, 0.1) is 0 Å². The second-order valence-corrected chi connectivity index (χ2v) is 6.28. The molecule has 1 aliphatic rings. The minimum absolute atomic E-state index is 0.137. The third-order valence-electron chi connectivity index (χ3n) is 4.32. The Bertz CT molecular complexity index is 675. The second-order valence-electron chi connectivity index (χ2n) is 6.28. The van der Waals surface area contributed by atoms with Gasteiger partial charge in [-0.25, -0.2) is 0 Å². The van der Waals surface area contributed by atoms with Crippen molar-refractivity contribution < 1.29 is 9.53 Å². The van der Waals surface area contributed by atoms with Crippen molar-refractivity contribution in [3.63, 3.8) is 0 Å². The van der Waals surface area contributed by atoms with Crippen molar-refractivity contribution >= 4 is 11.6 Å². The van der Waals surface area contributed by atoms with E-state index in [-0.39, 0.29) is 11.8 Å². The molecule has 2 aromatic rings. The molecule has 1 saturated carbocycles. The maximum atomic E-state index is 12.2. The summed E-state index contributed by atoms with van der Waals surface area (Å²) in [6, 6.07) is 15.9. The first-order valence-electron chi connectivity index (χ1n) is 8.30. The zero-order valence-corrected chi connectivity index (χ0v) is 13.5. The summed E-state index contributed by atoms with van der Waals surface area (Å²) in [6.07, 6.45) is 4.35. The van der Waals surface area contributed by atoms with E-state index in [1.54, 1.807) is 0 Å². The second kappa shape index (κ2) is 7.32. The predicted molar refractivity (Wildman–Crippen MR) is 92.5 cm³/mol. The molecule has 120 valence electrons. The summed E-state index contributed by atoms with van der Waals surface area (Å²) in [4.78, 5) is 12.2. The van der Waals surface area contributed by atoms with Crippen molar-refractivity contribution in [3.8, 4) is 5.75 Å². The van der Waals surface area contributed by atoms with E-state index >= 15 is 0 Å². The van der Waals surface area contributed by atoms with Crippen LogP contribution < -0.4 is 10.1 Å². The number of anilines is 1. The largest absolute Gasteiger partial charge is 0.489 e. The molecule has 1 N–H and O–H groups in total. The SMILES string of the molecule is Cc1cccc(COc2cccc(NC(=O)C3CCCC3)c2)c1. The van der Waals surface area contributed by atoms with Gasteiger partial charge in [-0.2, -0.15) is 0 Å². The Hall–Kier alpha value is -2.29. The average Bonchev–Trinajstić information content (AvgIpc) is 3.08. The van der Waals surface area contributed by atoms with Gasteiger partial charge in [-0.1, -0.05) is 48.7 Å². The van der Waals surface area contributed by atoms with Crippen molar-refractivity contribution in [2.24, 2.45) is 5.92 Å². The monoisotopic (exact) mass is 309 g/mol. The molecular weight excluding hydrogens is 286 g/mol. The summed E-state index contributed by atoms with van der Waals surface area (Å²) in [6.45, 7) is 2.60. The molecule has 0 aliphatic heterocycles. The summed E-state index contributed by atoms with van der Waals surface area (Å²) in [7, 11) is 0. The highest BCUT2D eigenvalue weighted by Gasteiger charge is 2.22. The fourth-order valence-electron chi connectivity index (χ4n) is 3.06.